The summed E-state index contributed by atoms with van der Waals surface area (Å²) in [6.07, 6.45) is 1.18. The number of nitrogens with zero attached hydrogens (tertiary/aromatic N) is 2. The molecule has 1 aromatic rings. The summed E-state index contributed by atoms with van der Waals surface area (Å²) < 4.78 is 35.6. The Hall–Kier alpha value is -0.540. The van der Waals surface area contributed by atoms with Crippen molar-refractivity contribution < 1.29 is 17.1 Å². The van der Waals surface area contributed by atoms with Crippen molar-refractivity contribution in [2.45, 2.75) is 11.7 Å². The van der Waals surface area contributed by atoms with Crippen LogP contribution in [0.3, 0.4) is 0 Å². The molecule has 5 nitrogen and oxygen atoms in total. The van der Waals surface area contributed by atoms with E-state index in [4.69, 9.17) is 0 Å². The highest BCUT2D eigenvalue weighted by Crippen LogP contribution is 2.32. The maximum atomic E-state index is 12.9. The molecule has 0 aromatic carbocycles. The highest BCUT2D eigenvalue weighted by atomic mass is 79.9. The molecule has 1 amide bonds. The first-order chi connectivity index (χ1) is 8.29. The van der Waals surface area contributed by atoms with Crippen LogP contribution in [-0.2, 0) is 15.0 Å². The molecule has 1 fully saturated rings. The highest BCUT2D eigenvalue weighted by molar-refractivity contribution is 9.11. The van der Waals surface area contributed by atoms with E-state index in [9.17, 15) is 17.1 Å². The van der Waals surface area contributed by atoms with E-state index < -0.39 is 21.4 Å². The molecule has 1 atom stereocenters. The molecular weight excluding hydrogens is 395 g/mol. The number of rotatable bonds is 2. The molecule has 98 valence electrons. The van der Waals surface area contributed by atoms with Gasteiger partial charge in [-0.2, -0.15) is 8.42 Å². The van der Waals surface area contributed by atoms with Gasteiger partial charge < -0.3 is 4.90 Å². The Morgan fingerprint density at radius 1 is 1.44 bits per heavy atom. The number of carbonyl (C=O) groups is 1. The minimum atomic E-state index is -4.71. The number of carbonyl (C=O) groups excluding carboxylic acids is 1. The summed E-state index contributed by atoms with van der Waals surface area (Å²) in [6, 6.07) is 1.61. The van der Waals surface area contributed by atoms with Gasteiger partial charge in [-0.1, -0.05) is 0 Å². The zero-order valence-electron chi connectivity index (χ0n) is 8.81. The van der Waals surface area contributed by atoms with Crippen LogP contribution in [0.2, 0.25) is 0 Å². The maximum absolute atomic E-state index is 12.9. The molecule has 18 heavy (non-hydrogen) atoms. The quantitative estimate of drug-likeness (QED) is 0.561. The van der Waals surface area contributed by atoms with Gasteiger partial charge in [0.05, 0.1) is 5.69 Å². The Morgan fingerprint density at radius 3 is 2.67 bits per heavy atom. The van der Waals surface area contributed by atoms with Gasteiger partial charge in [-0.05, 0) is 37.9 Å². The summed E-state index contributed by atoms with van der Waals surface area (Å²) >= 11 is 6.37. The second-order valence-corrected chi connectivity index (χ2v) is 7.05. The Morgan fingerprint density at radius 2 is 2.11 bits per heavy atom. The Labute approximate surface area is 120 Å². The third-order valence-electron chi connectivity index (χ3n) is 2.57. The number of anilines is 1. The molecule has 1 unspecified atom stereocenters. The first-order valence-corrected chi connectivity index (χ1v) is 7.87. The summed E-state index contributed by atoms with van der Waals surface area (Å²) in [5.41, 5.74) is 0.417. The molecular formula is C9H7Br2FN2O3S. The second-order valence-electron chi connectivity index (χ2n) is 3.77. The fourth-order valence-electron chi connectivity index (χ4n) is 1.70. The van der Waals surface area contributed by atoms with Gasteiger partial charge in [0.2, 0.25) is 5.91 Å². The van der Waals surface area contributed by atoms with Crippen LogP contribution >= 0.6 is 31.9 Å². The number of halogens is 3. The normalized spacial score (nSPS) is 20.5. The lowest BCUT2D eigenvalue weighted by Crippen LogP contribution is -2.27. The number of pyridine rings is 1. The van der Waals surface area contributed by atoms with Crippen molar-refractivity contribution in [3.8, 4) is 0 Å². The predicted octanol–water partition coefficient (Wildman–Crippen LogP) is 2.01. The van der Waals surface area contributed by atoms with Gasteiger partial charge in [0, 0.05) is 23.6 Å². The number of aromatic nitrogens is 1. The van der Waals surface area contributed by atoms with E-state index in [1.165, 1.54) is 11.1 Å². The van der Waals surface area contributed by atoms with E-state index in [-0.39, 0.29) is 13.0 Å². The van der Waals surface area contributed by atoms with Gasteiger partial charge in [0.1, 0.15) is 9.85 Å². The zero-order chi connectivity index (χ0) is 13.5. The monoisotopic (exact) mass is 400 g/mol. The number of amides is 1. The summed E-state index contributed by atoms with van der Waals surface area (Å²) in [5, 5.41) is -1.31. The van der Waals surface area contributed by atoms with Gasteiger partial charge in [0.25, 0.3) is 0 Å². The summed E-state index contributed by atoms with van der Waals surface area (Å²) in [5.74, 6) is -0.443. The van der Waals surface area contributed by atoms with Crippen molar-refractivity contribution in [3.05, 3.63) is 21.3 Å². The van der Waals surface area contributed by atoms with Crippen LogP contribution in [0.1, 0.15) is 6.42 Å². The molecule has 1 aromatic heterocycles. The fourth-order valence-corrected chi connectivity index (χ4v) is 3.12. The predicted molar refractivity (Wildman–Crippen MR) is 70.4 cm³/mol. The molecule has 1 aliphatic heterocycles. The lowest BCUT2D eigenvalue weighted by atomic mass is 10.4. The van der Waals surface area contributed by atoms with Crippen molar-refractivity contribution >= 4 is 53.7 Å². The van der Waals surface area contributed by atoms with Crippen LogP contribution in [0, 0.1) is 0 Å². The molecule has 2 heterocycles. The van der Waals surface area contributed by atoms with E-state index in [1.54, 1.807) is 6.07 Å². The molecule has 9 heteroatoms. The van der Waals surface area contributed by atoms with Crippen molar-refractivity contribution in [1.29, 1.82) is 0 Å². The standard InChI is InChI=1S/C9H7Br2FN2O3S/c10-5-1-7(9(11)13-3-5)14-4-6(2-8(14)15)18(12,16)17/h1,3,6H,2,4H2. The third-order valence-corrected chi connectivity index (χ3v) is 4.72. The summed E-state index contributed by atoms with van der Waals surface area (Å²) in [6.45, 7) is -0.200. The van der Waals surface area contributed by atoms with Gasteiger partial charge in [-0.15, -0.1) is 3.89 Å². The average molecular weight is 402 g/mol. The Balaban J connectivity index is 2.35. The zero-order valence-corrected chi connectivity index (χ0v) is 12.8. The van der Waals surface area contributed by atoms with E-state index in [0.29, 0.717) is 14.8 Å². The van der Waals surface area contributed by atoms with Crippen LogP contribution in [0.5, 0.6) is 0 Å². The SMILES string of the molecule is O=C1CC(S(=O)(=O)F)CN1c1cc(Br)cnc1Br. The molecule has 0 radical (unpaired) electrons. The van der Waals surface area contributed by atoms with Crippen molar-refractivity contribution in [3.63, 3.8) is 0 Å². The number of hydrogen-bond acceptors (Lipinski definition) is 4. The summed E-state index contributed by atoms with van der Waals surface area (Å²) in [7, 11) is -4.71. The lowest BCUT2D eigenvalue weighted by molar-refractivity contribution is -0.117. The minimum absolute atomic E-state index is 0.200. The minimum Gasteiger partial charge on any atom is -0.308 e. The van der Waals surface area contributed by atoms with E-state index >= 15 is 0 Å². The molecule has 2 rings (SSSR count). The first kappa shape index (κ1) is 13.9. The van der Waals surface area contributed by atoms with Crippen LogP contribution in [0.25, 0.3) is 0 Å². The molecule has 1 aliphatic rings. The van der Waals surface area contributed by atoms with Crippen molar-refractivity contribution in [2.24, 2.45) is 0 Å². The van der Waals surface area contributed by atoms with Crippen molar-refractivity contribution in [1.82, 2.24) is 4.98 Å². The third kappa shape index (κ3) is 2.72. The van der Waals surface area contributed by atoms with Crippen LogP contribution in [0.4, 0.5) is 9.57 Å². The first-order valence-electron chi connectivity index (χ1n) is 4.84. The van der Waals surface area contributed by atoms with Crippen molar-refractivity contribution in [2.75, 3.05) is 11.4 Å². The molecule has 0 bridgehead atoms. The average Bonchev–Trinajstić information content (AvgIpc) is 2.64. The Bertz CT molecular complexity index is 608. The molecule has 0 N–H and O–H groups in total. The largest absolute Gasteiger partial charge is 0.308 e. The van der Waals surface area contributed by atoms with Gasteiger partial charge >= 0.3 is 10.2 Å². The van der Waals surface area contributed by atoms with E-state index in [2.05, 4.69) is 36.8 Å². The van der Waals surface area contributed by atoms with Gasteiger partial charge in [-0.3, -0.25) is 4.79 Å². The van der Waals surface area contributed by atoms with Gasteiger partial charge in [-0.25, -0.2) is 4.98 Å². The van der Waals surface area contributed by atoms with E-state index in [1.807, 2.05) is 0 Å². The van der Waals surface area contributed by atoms with Crippen LogP contribution in [-0.4, -0.2) is 31.1 Å². The van der Waals surface area contributed by atoms with Crippen LogP contribution < -0.4 is 4.90 Å². The molecule has 0 spiro atoms. The summed E-state index contributed by atoms with van der Waals surface area (Å²) in [4.78, 5) is 16.9. The maximum Gasteiger partial charge on any atom is 0.307 e. The highest BCUT2D eigenvalue weighted by Gasteiger charge is 2.39. The molecule has 0 saturated carbocycles. The second kappa shape index (κ2) is 4.86. The smallest absolute Gasteiger partial charge is 0.307 e. The molecule has 1 saturated heterocycles. The fraction of sp³-hybridized carbons (Fsp3) is 0.333. The Kier molecular flexibility index (Phi) is 3.75. The van der Waals surface area contributed by atoms with Crippen LogP contribution in [0.15, 0.2) is 21.3 Å². The molecule has 0 aliphatic carbocycles. The van der Waals surface area contributed by atoms with Gasteiger partial charge in [0.15, 0.2) is 0 Å². The van der Waals surface area contributed by atoms with E-state index in [0.717, 1.165) is 0 Å². The topological polar surface area (TPSA) is 67.3 Å². The lowest BCUT2D eigenvalue weighted by Gasteiger charge is -2.17. The number of hydrogen-bond donors (Lipinski definition) is 0.